The average Bonchev–Trinajstić information content (AvgIpc) is 2.27. The third kappa shape index (κ3) is 3.26. The topological polar surface area (TPSA) is 46.5 Å². The molecule has 0 bridgehead atoms. The molecule has 0 unspecified atom stereocenters. The number of aliphatic carboxylic acids is 1. The third-order valence-electron chi connectivity index (χ3n) is 2.78. The molecule has 1 rings (SSSR count). The van der Waals surface area contributed by atoms with Gasteiger partial charge in [-0.1, -0.05) is 12.1 Å². The highest BCUT2D eigenvalue weighted by Gasteiger charge is 2.26. The molecule has 1 aromatic carbocycles. The van der Waals surface area contributed by atoms with Crippen molar-refractivity contribution in [2.45, 2.75) is 26.7 Å². The van der Waals surface area contributed by atoms with Crippen LogP contribution in [0.1, 0.15) is 25.8 Å². The number of carbonyl (C=O) groups is 1. The Morgan fingerprint density at radius 2 is 1.88 bits per heavy atom. The van der Waals surface area contributed by atoms with E-state index < -0.39 is 11.4 Å². The van der Waals surface area contributed by atoms with Gasteiger partial charge in [-0.25, -0.2) is 0 Å². The number of carboxylic acids is 1. The molecule has 1 N–H and O–H groups in total. The molecule has 0 aliphatic carbocycles. The maximum Gasteiger partial charge on any atom is 0.309 e. The van der Waals surface area contributed by atoms with E-state index in [1.165, 1.54) is 0 Å². The highest BCUT2D eigenvalue weighted by Crippen LogP contribution is 2.23. The van der Waals surface area contributed by atoms with Crippen LogP contribution in [-0.2, 0) is 11.2 Å². The minimum atomic E-state index is -0.749. The van der Waals surface area contributed by atoms with Crippen molar-refractivity contribution < 1.29 is 14.6 Å². The van der Waals surface area contributed by atoms with Gasteiger partial charge in [0.1, 0.15) is 5.75 Å². The molecular weight excluding hydrogens is 204 g/mol. The van der Waals surface area contributed by atoms with E-state index in [4.69, 9.17) is 9.84 Å². The van der Waals surface area contributed by atoms with Crippen LogP contribution in [0, 0.1) is 5.41 Å². The van der Waals surface area contributed by atoms with Crippen LogP contribution in [0.25, 0.3) is 0 Å². The summed E-state index contributed by atoms with van der Waals surface area (Å²) in [7, 11) is 1.63. The monoisotopic (exact) mass is 222 g/mol. The van der Waals surface area contributed by atoms with Crippen molar-refractivity contribution in [1.82, 2.24) is 0 Å². The van der Waals surface area contributed by atoms with Gasteiger partial charge in [0.15, 0.2) is 0 Å². The lowest BCUT2D eigenvalue weighted by molar-refractivity contribution is -0.147. The highest BCUT2D eigenvalue weighted by atomic mass is 16.5. The number of benzene rings is 1. The van der Waals surface area contributed by atoms with Gasteiger partial charge >= 0.3 is 5.97 Å². The third-order valence-corrected chi connectivity index (χ3v) is 2.78. The predicted molar refractivity (Wildman–Crippen MR) is 62.7 cm³/mol. The minimum absolute atomic E-state index is 0.634. The lowest BCUT2D eigenvalue weighted by Gasteiger charge is -2.18. The van der Waals surface area contributed by atoms with Crippen molar-refractivity contribution in [1.29, 1.82) is 0 Å². The number of ether oxygens (including phenoxy) is 1. The molecule has 0 heterocycles. The Hall–Kier alpha value is -1.51. The van der Waals surface area contributed by atoms with Crippen molar-refractivity contribution in [2.75, 3.05) is 7.11 Å². The van der Waals surface area contributed by atoms with E-state index in [9.17, 15) is 4.79 Å². The Balaban J connectivity index is 2.58. The van der Waals surface area contributed by atoms with E-state index in [1.807, 2.05) is 24.3 Å². The van der Waals surface area contributed by atoms with E-state index in [0.29, 0.717) is 6.42 Å². The standard InChI is InChI=1S/C13H18O3/c1-13(2,12(14)15)9-8-10-4-6-11(16-3)7-5-10/h4-7H,8-9H2,1-3H3,(H,14,15). The van der Waals surface area contributed by atoms with Crippen molar-refractivity contribution in [2.24, 2.45) is 5.41 Å². The van der Waals surface area contributed by atoms with Crippen LogP contribution in [-0.4, -0.2) is 18.2 Å². The van der Waals surface area contributed by atoms with Crippen molar-refractivity contribution in [3.05, 3.63) is 29.8 Å². The summed E-state index contributed by atoms with van der Waals surface area (Å²) in [4.78, 5) is 10.9. The SMILES string of the molecule is COc1ccc(CCC(C)(C)C(=O)O)cc1. The zero-order valence-corrected chi connectivity index (χ0v) is 9.99. The molecule has 0 atom stereocenters. The van der Waals surface area contributed by atoms with Crippen molar-refractivity contribution >= 4 is 5.97 Å². The van der Waals surface area contributed by atoms with Gasteiger partial charge in [0.25, 0.3) is 0 Å². The van der Waals surface area contributed by atoms with E-state index in [2.05, 4.69) is 0 Å². The first kappa shape index (κ1) is 12.6. The molecule has 3 nitrogen and oxygen atoms in total. The van der Waals surface area contributed by atoms with Gasteiger partial charge in [-0.15, -0.1) is 0 Å². The number of carboxylic acid groups (broad SMARTS) is 1. The summed E-state index contributed by atoms with van der Waals surface area (Å²) in [5, 5.41) is 8.98. The molecule has 0 fully saturated rings. The van der Waals surface area contributed by atoms with Crippen LogP contribution in [0.15, 0.2) is 24.3 Å². The van der Waals surface area contributed by atoms with Gasteiger partial charge in [0.2, 0.25) is 0 Å². The van der Waals surface area contributed by atoms with E-state index in [-0.39, 0.29) is 0 Å². The van der Waals surface area contributed by atoms with Gasteiger partial charge in [-0.3, -0.25) is 4.79 Å². The van der Waals surface area contributed by atoms with E-state index >= 15 is 0 Å². The molecule has 16 heavy (non-hydrogen) atoms. The molecule has 0 aromatic heterocycles. The van der Waals surface area contributed by atoms with Gasteiger partial charge in [0.05, 0.1) is 12.5 Å². The Morgan fingerprint density at radius 3 is 2.31 bits per heavy atom. The first-order valence-electron chi connectivity index (χ1n) is 5.32. The van der Waals surface area contributed by atoms with E-state index in [1.54, 1.807) is 21.0 Å². The van der Waals surface area contributed by atoms with Gasteiger partial charge < -0.3 is 9.84 Å². The number of hydrogen-bond acceptors (Lipinski definition) is 2. The second-order valence-corrected chi connectivity index (χ2v) is 4.54. The number of methoxy groups -OCH3 is 1. The van der Waals surface area contributed by atoms with Crippen LogP contribution in [0.3, 0.4) is 0 Å². The lowest BCUT2D eigenvalue weighted by atomic mass is 9.86. The molecule has 0 aliphatic heterocycles. The minimum Gasteiger partial charge on any atom is -0.497 e. The molecule has 0 amide bonds. The molecule has 88 valence electrons. The Labute approximate surface area is 96.1 Å². The molecular formula is C13H18O3. The van der Waals surface area contributed by atoms with Crippen LogP contribution >= 0.6 is 0 Å². The summed E-state index contributed by atoms with van der Waals surface area (Å²) in [6.45, 7) is 3.50. The van der Waals surface area contributed by atoms with Crippen molar-refractivity contribution in [3.8, 4) is 5.75 Å². The van der Waals surface area contributed by atoms with Crippen LogP contribution in [0.4, 0.5) is 0 Å². The Kier molecular flexibility index (Phi) is 3.93. The molecule has 1 aromatic rings. The van der Waals surface area contributed by atoms with Gasteiger partial charge in [0, 0.05) is 0 Å². The normalized spacial score (nSPS) is 11.2. The smallest absolute Gasteiger partial charge is 0.309 e. The fraction of sp³-hybridized carbons (Fsp3) is 0.462. The molecule has 0 saturated carbocycles. The van der Waals surface area contributed by atoms with Crippen LogP contribution in [0.2, 0.25) is 0 Å². The van der Waals surface area contributed by atoms with Crippen LogP contribution in [0.5, 0.6) is 5.75 Å². The number of rotatable bonds is 5. The predicted octanol–water partition coefficient (Wildman–Crippen LogP) is 2.74. The van der Waals surface area contributed by atoms with Crippen LogP contribution < -0.4 is 4.74 Å². The summed E-state index contributed by atoms with van der Waals surface area (Å²) >= 11 is 0. The first-order chi connectivity index (χ1) is 7.45. The number of aryl methyl sites for hydroxylation is 1. The zero-order valence-electron chi connectivity index (χ0n) is 9.99. The van der Waals surface area contributed by atoms with Gasteiger partial charge in [-0.05, 0) is 44.4 Å². The molecule has 0 aliphatic rings. The van der Waals surface area contributed by atoms with E-state index in [0.717, 1.165) is 17.7 Å². The Bertz CT molecular complexity index is 352. The Morgan fingerprint density at radius 1 is 1.31 bits per heavy atom. The summed E-state index contributed by atoms with van der Waals surface area (Å²) in [6, 6.07) is 7.72. The van der Waals surface area contributed by atoms with Crippen molar-refractivity contribution in [3.63, 3.8) is 0 Å². The molecule has 3 heteroatoms. The fourth-order valence-corrected chi connectivity index (χ4v) is 1.36. The first-order valence-corrected chi connectivity index (χ1v) is 5.32. The summed E-state index contributed by atoms with van der Waals surface area (Å²) in [6.07, 6.45) is 1.40. The summed E-state index contributed by atoms with van der Waals surface area (Å²) < 4.78 is 5.06. The quantitative estimate of drug-likeness (QED) is 0.833. The maximum absolute atomic E-state index is 10.9. The maximum atomic E-state index is 10.9. The lowest BCUT2D eigenvalue weighted by Crippen LogP contribution is -2.24. The number of hydrogen-bond donors (Lipinski definition) is 1. The highest BCUT2D eigenvalue weighted by molar-refractivity contribution is 5.73. The van der Waals surface area contributed by atoms with Gasteiger partial charge in [-0.2, -0.15) is 0 Å². The molecule has 0 spiro atoms. The molecule has 0 saturated heterocycles. The molecule has 0 radical (unpaired) electrons. The fourth-order valence-electron chi connectivity index (χ4n) is 1.36. The largest absolute Gasteiger partial charge is 0.497 e. The zero-order chi connectivity index (χ0) is 12.2. The second kappa shape index (κ2) is 5.01. The summed E-state index contributed by atoms with van der Waals surface area (Å²) in [5.74, 6) is 0.0715. The summed E-state index contributed by atoms with van der Waals surface area (Å²) in [5.41, 5.74) is 0.468. The average molecular weight is 222 g/mol. The second-order valence-electron chi connectivity index (χ2n) is 4.54.